The Balaban J connectivity index is 1.27. The molecule has 7 rings (SSSR count). The molecule has 11 heteroatoms. The summed E-state index contributed by atoms with van der Waals surface area (Å²) in [5, 5.41) is 12.0. The van der Waals surface area contributed by atoms with Crippen LogP contribution < -0.4 is 14.4 Å². The first-order valence-electron chi connectivity index (χ1n) is 16.6. The molecule has 1 amide bonds. The van der Waals surface area contributed by atoms with Crippen LogP contribution in [0.1, 0.15) is 73.4 Å². The molecule has 1 spiro atoms. The van der Waals surface area contributed by atoms with E-state index in [1.54, 1.807) is 25.3 Å². The molecule has 2 heterocycles. The van der Waals surface area contributed by atoms with Gasteiger partial charge in [0.15, 0.2) is 0 Å². The number of amides is 1. The number of ether oxygens (including phenoxy) is 2. The average Bonchev–Trinajstić information content (AvgIpc) is 3.12. The Bertz CT molecular complexity index is 1630. The van der Waals surface area contributed by atoms with Gasteiger partial charge < -0.3 is 19.5 Å². The van der Waals surface area contributed by atoms with Gasteiger partial charge in [-0.3, -0.25) is 4.79 Å². The standard InChI is InChI=1S/C35H44ClN3O6S/c1-22-5-3-7-32(40)29-11-8-25(29)19-38-20-35(14-4-6-23-15-26(36)10-12-30(23)35)21-45-33-13-9-24(16-31(33)38)34(41)37-46(42,43)39(22)27-17-28(18-27)44-2/h3,7,9-10,12-13,15-16,22,25,27-29,32,40H,4-6,8,11,14,17-21H2,1-2H3,(H,37,41)/b7-3+/t22-,25+,27?,28?,29-,32+,35+/m1/s1. The summed E-state index contributed by atoms with van der Waals surface area (Å²) in [5.41, 5.74) is 3.26. The number of nitrogens with one attached hydrogen (secondary N) is 1. The molecular formula is C35H44ClN3O6S. The lowest BCUT2D eigenvalue weighted by atomic mass is 9.68. The molecule has 2 N–H and O–H groups in total. The lowest BCUT2D eigenvalue weighted by Gasteiger charge is -2.45. The van der Waals surface area contributed by atoms with E-state index in [-0.39, 0.29) is 35.0 Å². The van der Waals surface area contributed by atoms with Crippen molar-refractivity contribution in [1.82, 2.24) is 9.03 Å². The van der Waals surface area contributed by atoms with Gasteiger partial charge in [0.25, 0.3) is 5.91 Å². The van der Waals surface area contributed by atoms with Gasteiger partial charge in [-0.1, -0.05) is 29.8 Å². The fourth-order valence-electron chi connectivity index (χ4n) is 8.43. The van der Waals surface area contributed by atoms with Crippen LogP contribution in [0.3, 0.4) is 0 Å². The first-order valence-corrected chi connectivity index (χ1v) is 18.4. The summed E-state index contributed by atoms with van der Waals surface area (Å²) in [6.45, 7) is 3.72. The fourth-order valence-corrected chi connectivity index (χ4v) is 10.2. The second-order valence-corrected chi connectivity index (χ2v) is 16.1. The summed E-state index contributed by atoms with van der Waals surface area (Å²) in [7, 11) is -2.56. The van der Waals surface area contributed by atoms with E-state index < -0.39 is 28.3 Å². The number of benzene rings is 2. The molecule has 0 saturated heterocycles. The molecule has 2 fully saturated rings. The molecule has 2 aliphatic heterocycles. The number of aliphatic hydroxyl groups is 1. The molecule has 0 unspecified atom stereocenters. The Morgan fingerprint density at radius 3 is 2.74 bits per heavy atom. The van der Waals surface area contributed by atoms with Gasteiger partial charge >= 0.3 is 10.2 Å². The zero-order chi connectivity index (χ0) is 32.2. The first kappa shape index (κ1) is 31.9. The normalized spacial score (nSPS) is 35.0. The van der Waals surface area contributed by atoms with Crippen molar-refractivity contribution in [3.8, 4) is 5.75 Å². The van der Waals surface area contributed by atoms with Crippen molar-refractivity contribution >= 4 is 33.4 Å². The van der Waals surface area contributed by atoms with E-state index in [1.165, 1.54) is 15.4 Å². The maximum absolute atomic E-state index is 13.8. The van der Waals surface area contributed by atoms with Gasteiger partial charge in [-0.25, -0.2) is 4.72 Å². The van der Waals surface area contributed by atoms with Crippen LogP contribution in [0.2, 0.25) is 5.02 Å². The number of anilines is 1. The predicted molar refractivity (Wildman–Crippen MR) is 178 cm³/mol. The monoisotopic (exact) mass is 669 g/mol. The van der Waals surface area contributed by atoms with Gasteiger partial charge in [-0.2, -0.15) is 12.7 Å². The van der Waals surface area contributed by atoms with Crippen LogP contribution in [0.4, 0.5) is 5.69 Å². The van der Waals surface area contributed by atoms with E-state index in [9.17, 15) is 18.3 Å². The van der Waals surface area contributed by atoms with Crippen LogP contribution >= 0.6 is 11.6 Å². The van der Waals surface area contributed by atoms with Crippen LogP contribution in [0.25, 0.3) is 0 Å². The van der Waals surface area contributed by atoms with E-state index >= 15 is 0 Å². The summed E-state index contributed by atoms with van der Waals surface area (Å²) in [5.74, 6) is 0.362. The lowest BCUT2D eigenvalue weighted by molar-refractivity contribution is -0.0110. The summed E-state index contributed by atoms with van der Waals surface area (Å²) in [6.07, 6.45) is 9.52. The highest BCUT2D eigenvalue weighted by atomic mass is 35.5. The van der Waals surface area contributed by atoms with E-state index in [1.807, 2.05) is 25.1 Å². The Hall–Kier alpha value is -2.63. The minimum atomic E-state index is -4.19. The predicted octanol–water partition coefficient (Wildman–Crippen LogP) is 5.00. The number of hydrogen-bond donors (Lipinski definition) is 2. The third-order valence-corrected chi connectivity index (χ3v) is 13.1. The van der Waals surface area contributed by atoms with E-state index in [4.69, 9.17) is 21.1 Å². The topological polar surface area (TPSA) is 108 Å². The number of halogens is 1. The van der Waals surface area contributed by atoms with E-state index in [2.05, 4.69) is 21.8 Å². The van der Waals surface area contributed by atoms with Gasteiger partial charge in [0.1, 0.15) is 5.75 Å². The van der Waals surface area contributed by atoms with Crippen molar-refractivity contribution in [2.75, 3.05) is 31.7 Å². The van der Waals surface area contributed by atoms with E-state index in [0.29, 0.717) is 44.7 Å². The Morgan fingerprint density at radius 1 is 1.15 bits per heavy atom. The molecule has 2 aromatic carbocycles. The average molecular weight is 670 g/mol. The van der Waals surface area contributed by atoms with Crippen molar-refractivity contribution in [3.05, 3.63) is 70.3 Å². The van der Waals surface area contributed by atoms with Crippen LogP contribution in [0.5, 0.6) is 5.75 Å². The van der Waals surface area contributed by atoms with Crippen molar-refractivity contribution in [2.45, 2.75) is 88.0 Å². The summed E-state index contributed by atoms with van der Waals surface area (Å²) < 4.78 is 43.5. The number of rotatable bonds is 2. The lowest BCUT2D eigenvalue weighted by Crippen LogP contribution is -2.57. The maximum Gasteiger partial charge on any atom is 0.304 e. The largest absolute Gasteiger partial charge is 0.490 e. The van der Waals surface area contributed by atoms with Gasteiger partial charge in [0.2, 0.25) is 0 Å². The number of carbonyl (C=O) groups excluding carboxylic acids is 1. The number of methoxy groups -OCH3 is 1. The summed E-state index contributed by atoms with van der Waals surface area (Å²) in [6, 6.07) is 10.7. The Morgan fingerprint density at radius 2 is 1.98 bits per heavy atom. The van der Waals surface area contributed by atoms with Gasteiger partial charge in [0, 0.05) is 48.3 Å². The molecular weight excluding hydrogens is 626 g/mol. The van der Waals surface area contributed by atoms with Gasteiger partial charge in [-0.15, -0.1) is 0 Å². The molecule has 2 saturated carbocycles. The SMILES string of the molecule is COC1CC(N2[C@H](C)C/C=C/[C@H](O)[C@@H]3CC[C@H]3CN3C[C@@]4(CCCc5cc(Cl)ccc54)COc4ccc(cc43)C(=O)NS2(=O)=O)C1. The molecule has 9 nitrogen and oxygen atoms in total. The molecule has 248 valence electrons. The number of fused-ring (bicyclic) bond motifs is 4. The van der Waals surface area contributed by atoms with Crippen LogP contribution in [-0.4, -0.2) is 74.8 Å². The highest BCUT2D eigenvalue weighted by molar-refractivity contribution is 7.87. The third kappa shape index (κ3) is 5.85. The molecule has 5 atom stereocenters. The zero-order valence-corrected chi connectivity index (χ0v) is 28.1. The molecule has 5 aliphatic rings. The fraction of sp³-hybridized carbons (Fsp3) is 0.571. The quantitative estimate of drug-likeness (QED) is 0.433. The molecule has 3 aliphatic carbocycles. The van der Waals surface area contributed by atoms with Crippen molar-refractivity contribution in [3.63, 3.8) is 0 Å². The Kier molecular flexibility index (Phi) is 8.63. The van der Waals surface area contributed by atoms with Crippen LogP contribution in [0, 0.1) is 11.8 Å². The highest BCUT2D eigenvalue weighted by Gasteiger charge is 2.45. The maximum atomic E-state index is 13.8. The molecule has 46 heavy (non-hydrogen) atoms. The van der Waals surface area contributed by atoms with E-state index in [0.717, 1.165) is 42.8 Å². The Labute approximate surface area is 277 Å². The third-order valence-electron chi connectivity index (χ3n) is 11.2. The second kappa shape index (κ2) is 12.4. The second-order valence-electron chi connectivity index (χ2n) is 14.0. The number of aliphatic hydroxyl groups excluding tert-OH is 1. The molecule has 0 aromatic heterocycles. The number of carbonyl (C=O) groups is 1. The summed E-state index contributed by atoms with van der Waals surface area (Å²) in [4.78, 5) is 16.0. The van der Waals surface area contributed by atoms with Gasteiger partial charge in [0.05, 0.1) is 24.5 Å². The molecule has 0 radical (unpaired) electrons. The van der Waals surface area contributed by atoms with Crippen LogP contribution in [-0.2, 0) is 26.8 Å². The summed E-state index contributed by atoms with van der Waals surface area (Å²) >= 11 is 6.41. The molecule has 2 bridgehead atoms. The van der Waals surface area contributed by atoms with Crippen molar-refractivity contribution in [1.29, 1.82) is 0 Å². The van der Waals surface area contributed by atoms with Crippen molar-refractivity contribution < 1.29 is 27.8 Å². The van der Waals surface area contributed by atoms with Crippen LogP contribution in [0.15, 0.2) is 48.6 Å². The van der Waals surface area contributed by atoms with Crippen molar-refractivity contribution in [2.24, 2.45) is 11.8 Å². The number of aryl methyl sites for hydroxylation is 1. The molecule has 2 aromatic rings. The first-order chi connectivity index (χ1) is 22.1. The minimum absolute atomic E-state index is 0.0108. The minimum Gasteiger partial charge on any atom is -0.490 e. The number of nitrogens with zero attached hydrogens (tertiary/aromatic N) is 2. The smallest absolute Gasteiger partial charge is 0.304 e. The van der Waals surface area contributed by atoms with Gasteiger partial charge in [-0.05, 0) is 112 Å². The number of hydrogen-bond acceptors (Lipinski definition) is 7. The highest BCUT2D eigenvalue weighted by Crippen LogP contribution is 2.47. The zero-order valence-electron chi connectivity index (χ0n) is 26.5.